The SMILES string of the molecule is COc1ccc(Cl)cc1NC1CC1C(=O)O. The van der Waals surface area contributed by atoms with Crippen molar-refractivity contribution in [3.63, 3.8) is 0 Å². The number of ether oxygens (including phenoxy) is 1. The first-order valence-electron chi connectivity index (χ1n) is 4.94. The Kier molecular flexibility index (Phi) is 2.92. The van der Waals surface area contributed by atoms with E-state index >= 15 is 0 Å². The molecule has 0 spiro atoms. The Morgan fingerprint density at radius 2 is 2.38 bits per heavy atom. The number of nitrogens with one attached hydrogen (secondary N) is 1. The first-order valence-corrected chi connectivity index (χ1v) is 5.32. The average molecular weight is 242 g/mol. The van der Waals surface area contributed by atoms with Crippen LogP contribution in [-0.4, -0.2) is 24.2 Å². The molecule has 0 saturated heterocycles. The molecule has 0 bridgehead atoms. The number of carbonyl (C=O) groups is 1. The Bertz CT molecular complexity index is 422. The van der Waals surface area contributed by atoms with Gasteiger partial charge in [0.25, 0.3) is 0 Å². The number of hydrogen-bond acceptors (Lipinski definition) is 3. The van der Waals surface area contributed by atoms with E-state index in [4.69, 9.17) is 21.4 Å². The molecule has 1 fully saturated rings. The summed E-state index contributed by atoms with van der Waals surface area (Å²) in [6.07, 6.45) is 0.644. The predicted octanol–water partition coefficient (Wildman–Crippen LogP) is 2.23. The van der Waals surface area contributed by atoms with Crippen molar-refractivity contribution in [2.75, 3.05) is 12.4 Å². The summed E-state index contributed by atoms with van der Waals surface area (Å²) in [7, 11) is 1.57. The van der Waals surface area contributed by atoms with E-state index in [1.807, 2.05) is 0 Å². The summed E-state index contributed by atoms with van der Waals surface area (Å²) in [5.41, 5.74) is 0.740. The lowest BCUT2D eigenvalue weighted by Crippen LogP contribution is -2.10. The molecule has 1 aliphatic carbocycles. The topological polar surface area (TPSA) is 58.6 Å². The number of benzene rings is 1. The number of carboxylic acids is 1. The van der Waals surface area contributed by atoms with Gasteiger partial charge < -0.3 is 15.2 Å². The van der Waals surface area contributed by atoms with Crippen molar-refractivity contribution in [2.24, 2.45) is 5.92 Å². The fraction of sp³-hybridized carbons (Fsp3) is 0.364. The summed E-state index contributed by atoms with van der Waals surface area (Å²) in [5, 5.41) is 12.5. The number of halogens is 1. The molecule has 0 heterocycles. The van der Waals surface area contributed by atoms with Gasteiger partial charge in [-0.2, -0.15) is 0 Å². The molecule has 1 aromatic rings. The normalized spacial score (nSPS) is 22.6. The van der Waals surface area contributed by atoms with Crippen LogP contribution in [0.4, 0.5) is 5.69 Å². The van der Waals surface area contributed by atoms with Gasteiger partial charge in [-0.15, -0.1) is 0 Å². The number of carboxylic acid groups (broad SMARTS) is 1. The number of methoxy groups -OCH3 is 1. The fourth-order valence-corrected chi connectivity index (χ4v) is 1.79. The van der Waals surface area contributed by atoms with Gasteiger partial charge in [0.05, 0.1) is 18.7 Å². The van der Waals surface area contributed by atoms with Crippen LogP contribution in [0.2, 0.25) is 5.02 Å². The van der Waals surface area contributed by atoms with Crippen molar-refractivity contribution in [2.45, 2.75) is 12.5 Å². The molecule has 0 radical (unpaired) electrons. The van der Waals surface area contributed by atoms with Crippen LogP contribution in [0.15, 0.2) is 18.2 Å². The highest BCUT2D eigenvalue weighted by atomic mass is 35.5. The third-order valence-electron chi connectivity index (χ3n) is 2.61. The molecule has 4 nitrogen and oxygen atoms in total. The molecule has 1 aliphatic rings. The Morgan fingerprint density at radius 1 is 1.62 bits per heavy atom. The Balaban J connectivity index is 2.09. The zero-order chi connectivity index (χ0) is 11.7. The molecule has 86 valence electrons. The lowest BCUT2D eigenvalue weighted by Gasteiger charge is -2.10. The minimum atomic E-state index is -0.765. The van der Waals surface area contributed by atoms with Crippen LogP contribution >= 0.6 is 11.6 Å². The summed E-state index contributed by atoms with van der Waals surface area (Å²) in [5.74, 6) is -0.400. The van der Waals surface area contributed by atoms with E-state index in [0.717, 1.165) is 5.69 Å². The molecule has 16 heavy (non-hydrogen) atoms. The summed E-state index contributed by atoms with van der Waals surface area (Å²) in [6, 6.07) is 5.19. The van der Waals surface area contributed by atoms with Crippen molar-refractivity contribution in [3.8, 4) is 5.75 Å². The predicted molar refractivity (Wildman–Crippen MR) is 61.2 cm³/mol. The van der Waals surface area contributed by atoms with E-state index in [0.29, 0.717) is 17.2 Å². The van der Waals surface area contributed by atoms with E-state index < -0.39 is 5.97 Å². The van der Waals surface area contributed by atoms with Crippen molar-refractivity contribution in [1.82, 2.24) is 0 Å². The minimum absolute atomic E-state index is 0.0233. The molecule has 0 aliphatic heterocycles. The monoisotopic (exact) mass is 241 g/mol. The Labute approximate surface area is 98.2 Å². The van der Waals surface area contributed by atoms with Gasteiger partial charge in [-0.3, -0.25) is 4.79 Å². The molecule has 2 atom stereocenters. The molecule has 2 rings (SSSR count). The summed E-state index contributed by atoms with van der Waals surface area (Å²) >= 11 is 5.86. The highest BCUT2D eigenvalue weighted by molar-refractivity contribution is 6.30. The van der Waals surface area contributed by atoms with Gasteiger partial charge in [0.2, 0.25) is 0 Å². The molecule has 2 unspecified atom stereocenters. The van der Waals surface area contributed by atoms with Gasteiger partial charge in [0, 0.05) is 11.1 Å². The number of hydrogen-bond donors (Lipinski definition) is 2. The lowest BCUT2D eigenvalue weighted by molar-refractivity contribution is -0.138. The standard InChI is InChI=1S/C11H12ClNO3/c1-16-10-3-2-6(12)4-9(10)13-8-5-7(8)11(14)15/h2-4,7-8,13H,5H2,1H3,(H,14,15). The van der Waals surface area contributed by atoms with Gasteiger partial charge in [-0.1, -0.05) is 11.6 Å². The van der Waals surface area contributed by atoms with Gasteiger partial charge in [0.15, 0.2) is 0 Å². The fourth-order valence-electron chi connectivity index (χ4n) is 1.62. The van der Waals surface area contributed by atoms with E-state index in [1.54, 1.807) is 25.3 Å². The zero-order valence-electron chi connectivity index (χ0n) is 8.74. The molecule has 1 saturated carbocycles. The molecular formula is C11H12ClNO3. The second kappa shape index (κ2) is 4.22. The van der Waals surface area contributed by atoms with Gasteiger partial charge in [0.1, 0.15) is 5.75 Å². The van der Waals surface area contributed by atoms with Gasteiger partial charge >= 0.3 is 5.97 Å². The van der Waals surface area contributed by atoms with E-state index in [-0.39, 0.29) is 12.0 Å². The van der Waals surface area contributed by atoms with Crippen LogP contribution < -0.4 is 10.1 Å². The van der Waals surface area contributed by atoms with Gasteiger partial charge in [-0.05, 0) is 24.6 Å². The molecular weight excluding hydrogens is 230 g/mol. The van der Waals surface area contributed by atoms with Crippen LogP contribution in [0.25, 0.3) is 0 Å². The van der Waals surface area contributed by atoms with E-state index in [1.165, 1.54) is 0 Å². The molecule has 5 heteroatoms. The largest absolute Gasteiger partial charge is 0.495 e. The first-order chi connectivity index (χ1) is 7.61. The smallest absolute Gasteiger partial charge is 0.308 e. The Hall–Kier alpha value is -1.42. The summed E-state index contributed by atoms with van der Waals surface area (Å²) in [6.45, 7) is 0. The van der Waals surface area contributed by atoms with Crippen LogP contribution in [0.5, 0.6) is 5.75 Å². The highest BCUT2D eigenvalue weighted by Gasteiger charge is 2.43. The summed E-state index contributed by atoms with van der Waals surface area (Å²) < 4.78 is 5.16. The maximum Gasteiger partial charge on any atom is 0.308 e. The van der Waals surface area contributed by atoms with Gasteiger partial charge in [-0.25, -0.2) is 0 Å². The second-order valence-corrected chi connectivity index (χ2v) is 4.21. The first kappa shape index (κ1) is 11.1. The number of anilines is 1. The lowest BCUT2D eigenvalue weighted by atomic mass is 10.3. The van der Waals surface area contributed by atoms with Crippen LogP contribution in [0, 0.1) is 5.92 Å². The van der Waals surface area contributed by atoms with Crippen LogP contribution in [0.1, 0.15) is 6.42 Å². The van der Waals surface area contributed by atoms with E-state index in [2.05, 4.69) is 5.32 Å². The van der Waals surface area contributed by atoms with Crippen molar-refractivity contribution in [3.05, 3.63) is 23.2 Å². The Morgan fingerprint density at radius 3 is 2.94 bits per heavy atom. The van der Waals surface area contributed by atoms with Crippen molar-refractivity contribution >= 4 is 23.3 Å². The third-order valence-corrected chi connectivity index (χ3v) is 2.85. The minimum Gasteiger partial charge on any atom is -0.495 e. The maximum absolute atomic E-state index is 10.7. The average Bonchev–Trinajstić information content (AvgIpc) is 2.98. The van der Waals surface area contributed by atoms with Crippen molar-refractivity contribution < 1.29 is 14.6 Å². The third kappa shape index (κ3) is 2.22. The van der Waals surface area contributed by atoms with Crippen LogP contribution in [0.3, 0.4) is 0 Å². The second-order valence-electron chi connectivity index (χ2n) is 3.78. The number of aliphatic carboxylic acids is 1. The summed E-state index contributed by atoms with van der Waals surface area (Å²) in [4.78, 5) is 10.7. The highest BCUT2D eigenvalue weighted by Crippen LogP contribution is 2.37. The molecule has 1 aromatic carbocycles. The van der Waals surface area contributed by atoms with E-state index in [9.17, 15) is 4.79 Å². The quantitative estimate of drug-likeness (QED) is 0.849. The maximum atomic E-state index is 10.7. The molecule has 0 amide bonds. The molecule has 0 aromatic heterocycles. The van der Waals surface area contributed by atoms with Crippen molar-refractivity contribution in [1.29, 1.82) is 0 Å². The zero-order valence-corrected chi connectivity index (χ0v) is 9.49. The molecule has 2 N–H and O–H groups in total. The number of rotatable bonds is 4. The van der Waals surface area contributed by atoms with Crippen LogP contribution in [-0.2, 0) is 4.79 Å².